The Morgan fingerprint density at radius 1 is 1.20 bits per heavy atom. The average Bonchev–Trinajstić information content (AvgIpc) is 2.61. The number of rotatable bonds is 10. The first-order valence-corrected chi connectivity index (χ1v) is 7.74. The molecular weight excluding hydrogens is 330 g/mol. The number of aliphatic carboxylic acids is 1. The smallest absolute Gasteiger partial charge is 0.331 e. The largest absolute Gasteiger partial charge is 0.480 e. The van der Waals surface area contributed by atoms with Gasteiger partial charge in [0.05, 0.1) is 6.61 Å². The second kappa shape index (κ2) is 8.91. The number of methoxy groups -OCH3 is 2. The molecule has 2 atom stereocenters. The molecule has 0 aliphatic carbocycles. The monoisotopic (exact) mass is 355 g/mol. The van der Waals surface area contributed by atoms with Crippen molar-refractivity contribution >= 4 is 11.9 Å². The molecule has 1 aromatic carbocycles. The number of carbonyl (C=O) groups is 2. The van der Waals surface area contributed by atoms with Crippen LogP contribution >= 0.6 is 0 Å². The van der Waals surface area contributed by atoms with Gasteiger partial charge in [0.25, 0.3) is 0 Å². The number of carboxylic acid groups (broad SMARTS) is 1. The predicted octanol–water partition coefficient (Wildman–Crippen LogP) is 1.48. The molecule has 0 fully saturated rings. The van der Waals surface area contributed by atoms with E-state index in [4.69, 9.17) is 24.7 Å². The van der Waals surface area contributed by atoms with Crippen molar-refractivity contribution in [1.82, 2.24) is 0 Å². The van der Waals surface area contributed by atoms with Gasteiger partial charge < -0.3 is 29.8 Å². The van der Waals surface area contributed by atoms with E-state index in [9.17, 15) is 14.7 Å². The van der Waals surface area contributed by atoms with E-state index in [0.29, 0.717) is 0 Å². The molecule has 140 valence electrons. The van der Waals surface area contributed by atoms with E-state index in [1.165, 1.54) is 28.1 Å². The van der Waals surface area contributed by atoms with E-state index in [-0.39, 0.29) is 13.0 Å². The third kappa shape index (κ3) is 4.76. The number of hydrogen-bond donors (Lipinski definition) is 2. The van der Waals surface area contributed by atoms with Crippen LogP contribution < -0.4 is 5.73 Å². The Labute approximate surface area is 146 Å². The van der Waals surface area contributed by atoms with Crippen molar-refractivity contribution in [1.29, 1.82) is 0 Å². The molecule has 0 radical (unpaired) electrons. The molecule has 0 aliphatic heterocycles. The summed E-state index contributed by atoms with van der Waals surface area (Å²) >= 11 is 0. The third-order valence-electron chi connectivity index (χ3n) is 4.08. The van der Waals surface area contributed by atoms with Crippen molar-refractivity contribution in [3.05, 3.63) is 35.9 Å². The van der Waals surface area contributed by atoms with Crippen molar-refractivity contribution in [3.8, 4) is 0 Å². The maximum absolute atomic E-state index is 12.6. The summed E-state index contributed by atoms with van der Waals surface area (Å²) < 4.78 is 20.5. The van der Waals surface area contributed by atoms with Crippen molar-refractivity contribution in [2.24, 2.45) is 11.1 Å². The molecule has 0 saturated heterocycles. The van der Waals surface area contributed by atoms with Gasteiger partial charge >= 0.3 is 17.9 Å². The van der Waals surface area contributed by atoms with E-state index < -0.39 is 29.6 Å². The number of carbonyl (C=O) groups excluding carboxylic acids is 1. The highest BCUT2D eigenvalue weighted by Gasteiger charge is 2.54. The van der Waals surface area contributed by atoms with E-state index in [1.54, 1.807) is 12.1 Å². The number of esters is 1. The Kier molecular flexibility index (Phi) is 7.50. The fourth-order valence-electron chi connectivity index (χ4n) is 2.15. The van der Waals surface area contributed by atoms with Gasteiger partial charge in [-0.1, -0.05) is 37.3 Å². The molecule has 0 saturated carbocycles. The van der Waals surface area contributed by atoms with Crippen LogP contribution in [0.25, 0.3) is 0 Å². The van der Waals surface area contributed by atoms with Crippen LogP contribution in [0.15, 0.2) is 30.3 Å². The molecule has 0 amide bonds. The van der Waals surface area contributed by atoms with Crippen molar-refractivity contribution in [2.45, 2.75) is 39.1 Å². The van der Waals surface area contributed by atoms with Crippen LogP contribution in [-0.4, -0.2) is 43.5 Å². The number of benzene rings is 1. The van der Waals surface area contributed by atoms with Crippen molar-refractivity contribution in [3.63, 3.8) is 0 Å². The third-order valence-corrected chi connectivity index (χ3v) is 4.08. The summed E-state index contributed by atoms with van der Waals surface area (Å²) in [5.74, 6) is -4.28. The minimum Gasteiger partial charge on any atom is -0.480 e. The topological polar surface area (TPSA) is 117 Å². The van der Waals surface area contributed by atoms with E-state index >= 15 is 0 Å². The highest BCUT2D eigenvalue weighted by molar-refractivity contribution is 6.00. The lowest BCUT2D eigenvalue weighted by atomic mass is 9.83. The minimum atomic E-state index is -2.10. The van der Waals surface area contributed by atoms with Crippen LogP contribution in [0, 0.1) is 5.41 Å². The van der Waals surface area contributed by atoms with Gasteiger partial charge in [-0.05, 0) is 12.0 Å². The number of carboxylic acids is 1. The van der Waals surface area contributed by atoms with Crippen LogP contribution in [-0.2, 0) is 35.1 Å². The second-order valence-corrected chi connectivity index (χ2v) is 5.51. The van der Waals surface area contributed by atoms with Gasteiger partial charge in [-0.15, -0.1) is 0 Å². The van der Waals surface area contributed by atoms with Crippen molar-refractivity contribution < 1.29 is 33.6 Å². The fourth-order valence-corrected chi connectivity index (χ4v) is 2.15. The van der Waals surface area contributed by atoms with Gasteiger partial charge in [-0.2, -0.15) is 0 Å². The molecule has 0 spiro atoms. The van der Waals surface area contributed by atoms with Crippen LogP contribution in [0.5, 0.6) is 0 Å². The maximum atomic E-state index is 12.6. The Morgan fingerprint density at radius 3 is 2.20 bits per heavy atom. The first-order chi connectivity index (χ1) is 11.8. The lowest BCUT2D eigenvalue weighted by Crippen LogP contribution is -2.56. The molecule has 0 aromatic heterocycles. The minimum absolute atomic E-state index is 0.0517. The molecule has 25 heavy (non-hydrogen) atoms. The summed E-state index contributed by atoms with van der Waals surface area (Å²) in [6.45, 7) is 2.90. The standard InChI is InChI=1S/C17H25NO7/c1-5-17(14(19)20,15(21)25-16(2,22-3)23-4)13(18)24-11-12-9-7-6-8-10-12/h6-10,13H,5,11,18H2,1-4H3,(H,19,20)/t13?,17-/m1/s1. The molecular formula is C17H25NO7. The molecule has 1 aromatic rings. The average molecular weight is 355 g/mol. The molecule has 3 N–H and O–H groups in total. The molecule has 8 heteroatoms. The van der Waals surface area contributed by atoms with Gasteiger partial charge in [0.2, 0.25) is 5.41 Å². The van der Waals surface area contributed by atoms with Crippen LogP contribution in [0.1, 0.15) is 25.8 Å². The normalized spacial score (nSPS) is 15.2. The lowest BCUT2D eigenvalue weighted by Gasteiger charge is -2.35. The summed E-state index contributed by atoms with van der Waals surface area (Å²) in [5.41, 5.74) is 4.62. The Bertz CT molecular complexity index is 574. The SMILES string of the molecule is CC[C@@](C(=O)O)(C(=O)OC(C)(OC)OC)C(N)OCc1ccccc1. The van der Waals surface area contributed by atoms with Gasteiger partial charge in [-0.25, -0.2) is 0 Å². The number of ether oxygens (including phenoxy) is 4. The lowest BCUT2D eigenvalue weighted by molar-refractivity contribution is -0.337. The fraction of sp³-hybridized carbons (Fsp3) is 0.529. The van der Waals surface area contributed by atoms with E-state index in [0.717, 1.165) is 5.56 Å². The van der Waals surface area contributed by atoms with Crippen LogP contribution in [0.4, 0.5) is 0 Å². The molecule has 0 bridgehead atoms. The zero-order valence-electron chi connectivity index (χ0n) is 14.9. The molecule has 0 heterocycles. The molecule has 8 nitrogen and oxygen atoms in total. The summed E-state index contributed by atoms with van der Waals surface area (Å²) in [7, 11) is 2.52. The Morgan fingerprint density at radius 2 is 1.76 bits per heavy atom. The maximum Gasteiger partial charge on any atom is 0.331 e. The van der Waals surface area contributed by atoms with Gasteiger partial charge in [-0.3, -0.25) is 9.59 Å². The quantitative estimate of drug-likeness (QED) is 0.368. The van der Waals surface area contributed by atoms with Crippen LogP contribution in [0.2, 0.25) is 0 Å². The second-order valence-electron chi connectivity index (χ2n) is 5.51. The highest BCUT2D eigenvalue weighted by Crippen LogP contribution is 2.31. The summed E-state index contributed by atoms with van der Waals surface area (Å²) in [6.07, 6.45) is -1.57. The summed E-state index contributed by atoms with van der Waals surface area (Å²) in [5, 5.41) is 9.66. The zero-order valence-corrected chi connectivity index (χ0v) is 14.9. The van der Waals surface area contributed by atoms with Crippen molar-refractivity contribution in [2.75, 3.05) is 14.2 Å². The Balaban J connectivity index is 3.00. The summed E-state index contributed by atoms with van der Waals surface area (Å²) in [6, 6.07) is 9.06. The molecule has 1 rings (SSSR count). The van der Waals surface area contributed by atoms with Crippen LogP contribution in [0.3, 0.4) is 0 Å². The first-order valence-electron chi connectivity index (χ1n) is 7.74. The highest BCUT2D eigenvalue weighted by atomic mass is 16.9. The van der Waals surface area contributed by atoms with E-state index in [2.05, 4.69) is 0 Å². The summed E-state index contributed by atoms with van der Waals surface area (Å²) in [4.78, 5) is 24.5. The Hall–Kier alpha value is -2.00. The number of nitrogens with two attached hydrogens (primary N) is 1. The van der Waals surface area contributed by atoms with E-state index in [1.807, 2.05) is 18.2 Å². The van der Waals surface area contributed by atoms with Gasteiger partial charge in [0.15, 0.2) is 0 Å². The number of hydrogen-bond acceptors (Lipinski definition) is 7. The van der Waals surface area contributed by atoms with Gasteiger partial charge in [0.1, 0.15) is 6.23 Å². The molecule has 1 unspecified atom stereocenters. The van der Waals surface area contributed by atoms with Gasteiger partial charge in [0, 0.05) is 21.1 Å². The zero-order chi connectivity index (χ0) is 19.1. The first kappa shape index (κ1) is 21.0. The molecule has 0 aliphatic rings. The predicted molar refractivity (Wildman–Crippen MR) is 88.1 cm³/mol.